The molecule has 1 aromatic carbocycles. The minimum atomic E-state index is 0.0558. The van der Waals surface area contributed by atoms with Gasteiger partial charge in [0.2, 0.25) is 0 Å². The van der Waals surface area contributed by atoms with Crippen molar-refractivity contribution in [2.75, 3.05) is 12.4 Å². The molecule has 154 valence electrons. The number of nitrogens with one attached hydrogen (secondary N) is 2. The standard InChI is InChI=1S/C21H23N7O2/c1-12-14(23)6-7-16(12)30-18-5-3-4-17(29-2)21(18)15-8-19(28-27-15)26-20-11-24-13(9-22)10-25-20/h3-5,8,10-12,14,16H,6-7,23H2,1-2H3,(H2,25,26,27,28). The molecule has 3 atom stereocenters. The van der Waals surface area contributed by atoms with Crippen LogP contribution < -0.4 is 20.5 Å². The van der Waals surface area contributed by atoms with E-state index in [0.29, 0.717) is 23.1 Å². The van der Waals surface area contributed by atoms with Crippen LogP contribution in [0.1, 0.15) is 25.5 Å². The molecular weight excluding hydrogens is 382 g/mol. The van der Waals surface area contributed by atoms with Gasteiger partial charge in [0.05, 0.1) is 30.8 Å². The number of aromatic amines is 1. The summed E-state index contributed by atoms with van der Waals surface area (Å²) in [4.78, 5) is 8.15. The molecule has 0 saturated heterocycles. The van der Waals surface area contributed by atoms with Crippen molar-refractivity contribution >= 4 is 11.6 Å². The third-order valence-electron chi connectivity index (χ3n) is 5.40. The summed E-state index contributed by atoms with van der Waals surface area (Å²) in [5.74, 6) is 2.71. The van der Waals surface area contributed by atoms with Crippen molar-refractivity contribution in [3.63, 3.8) is 0 Å². The maximum atomic E-state index is 8.83. The van der Waals surface area contributed by atoms with Crippen LogP contribution in [0.25, 0.3) is 11.3 Å². The second kappa shape index (κ2) is 8.39. The maximum absolute atomic E-state index is 8.83. The SMILES string of the molecule is COc1cccc(OC2CCC(N)C2C)c1-c1cc(Nc2cnc(C#N)cn2)n[nH]1. The second-order valence-electron chi connectivity index (χ2n) is 7.28. The van der Waals surface area contributed by atoms with Crippen molar-refractivity contribution < 1.29 is 9.47 Å². The molecule has 0 radical (unpaired) electrons. The van der Waals surface area contributed by atoms with Gasteiger partial charge in [-0.2, -0.15) is 10.4 Å². The number of H-pyrrole nitrogens is 1. The topological polar surface area (TPSA) is 135 Å². The lowest BCUT2D eigenvalue weighted by molar-refractivity contribution is 0.163. The fourth-order valence-electron chi connectivity index (χ4n) is 3.63. The molecule has 1 aliphatic rings. The van der Waals surface area contributed by atoms with Crippen molar-refractivity contribution in [1.82, 2.24) is 20.2 Å². The minimum absolute atomic E-state index is 0.0558. The normalized spacial score (nSPS) is 20.5. The molecule has 1 fully saturated rings. The van der Waals surface area contributed by atoms with Crippen LogP contribution in [0.4, 0.5) is 11.6 Å². The van der Waals surface area contributed by atoms with Crippen LogP contribution in [-0.2, 0) is 0 Å². The lowest BCUT2D eigenvalue weighted by atomic mass is 10.0. The second-order valence-corrected chi connectivity index (χ2v) is 7.28. The number of ether oxygens (including phenoxy) is 2. The molecule has 0 spiro atoms. The molecule has 9 nitrogen and oxygen atoms in total. The lowest BCUT2D eigenvalue weighted by Gasteiger charge is -2.22. The van der Waals surface area contributed by atoms with Gasteiger partial charge < -0.3 is 20.5 Å². The molecule has 3 aromatic rings. The molecule has 2 heterocycles. The van der Waals surface area contributed by atoms with E-state index in [1.54, 1.807) is 7.11 Å². The average Bonchev–Trinajstić information content (AvgIpc) is 3.36. The van der Waals surface area contributed by atoms with Crippen molar-refractivity contribution in [3.05, 3.63) is 42.4 Å². The fraction of sp³-hybridized carbons (Fsp3) is 0.333. The van der Waals surface area contributed by atoms with Crippen LogP contribution >= 0.6 is 0 Å². The highest BCUT2D eigenvalue weighted by atomic mass is 16.5. The number of nitriles is 1. The number of nitrogens with two attached hydrogens (primary N) is 1. The van der Waals surface area contributed by atoms with E-state index in [1.807, 2.05) is 30.3 Å². The minimum Gasteiger partial charge on any atom is -0.496 e. The molecule has 3 unspecified atom stereocenters. The Balaban J connectivity index is 1.61. The zero-order valence-electron chi connectivity index (χ0n) is 16.8. The van der Waals surface area contributed by atoms with E-state index in [4.69, 9.17) is 20.5 Å². The summed E-state index contributed by atoms with van der Waals surface area (Å²) in [6.45, 7) is 2.12. The van der Waals surface area contributed by atoms with Crippen LogP contribution in [0.5, 0.6) is 11.5 Å². The van der Waals surface area contributed by atoms with Gasteiger partial charge in [-0.1, -0.05) is 13.0 Å². The van der Waals surface area contributed by atoms with Crippen LogP contribution in [0.15, 0.2) is 36.7 Å². The first kappa shape index (κ1) is 19.7. The molecule has 1 aliphatic carbocycles. The van der Waals surface area contributed by atoms with Crippen LogP contribution in [0.2, 0.25) is 0 Å². The first-order valence-corrected chi connectivity index (χ1v) is 9.73. The Bertz CT molecular complexity index is 1060. The predicted molar refractivity (Wildman–Crippen MR) is 111 cm³/mol. The number of benzene rings is 1. The first-order chi connectivity index (χ1) is 14.6. The molecule has 2 aromatic heterocycles. The summed E-state index contributed by atoms with van der Waals surface area (Å²) in [5.41, 5.74) is 7.94. The van der Waals surface area contributed by atoms with E-state index in [2.05, 4.69) is 32.4 Å². The van der Waals surface area contributed by atoms with E-state index in [0.717, 1.165) is 24.1 Å². The van der Waals surface area contributed by atoms with Crippen molar-refractivity contribution in [2.24, 2.45) is 11.7 Å². The Morgan fingerprint density at radius 2 is 2.03 bits per heavy atom. The third kappa shape index (κ3) is 3.90. The van der Waals surface area contributed by atoms with Gasteiger partial charge in [0, 0.05) is 18.0 Å². The van der Waals surface area contributed by atoms with Gasteiger partial charge in [0.25, 0.3) is 0 Å². The van der Waals surface area contributed by atoms with Crippen LogP contribution in [0, 0.1) is 17.2 Å². The molecular formula is C21H23N7O2. The van der Waals surface area contributed by atoms with Crippen LogP contribution in [0.3, 0.4) is 0 Å². The van der Waals surface area contributed by atoms with Crippen molar-refractivity contribution in [3.8, 4) is 28.8 Å². The lowest BCUT2D eigenvalue weighted by Crippen LogP contribution is -2.30. The highest BCUT2D eigenvalue weighted by Crippen LogP contribution is 2.40. The van der Waals surface area contributed by atoms with E-state index in [-0.39, 0.29) is 23.8 Å². The fourth-order valence-corrected chi connectivity index (χ4v) is 3.63. The summed E-state index contributed by atoms with van der Waals surface area (Å²) in [7, 11) is 1.62. The summed E-state index contributed by atoms with van der Waals surface area (Å²) in [6, 6.07) is 9.64. The molecule has 0 amide bonds. The maximum Gasteiger partial charge on any atom is 0.158 e. The zero-order valence-corrected chi connectivity index (χ0v) is 16.8. The van der Waals surface area contributed by atoms with Gasteiger partial charge in [-0.25, -0.2) is 9.97 Å². The van der Waals surface area contributed by atoms with Gasteiger partial charge in [-0.05, 0) is 25.0 Å². The number of nitrogens with zero attached hydrogens (tertiary/aromatic N) is 4. The Morgan fingerprint density at radius 3 is 2.70 bits per heavy atom. The van der Waals surface area contributed by atoms with Gasteiger partial charge in [0.1, 0.15) is 29.5 Å². The molecule has 30 heavy (non-hydrogen) atoms. The quantitative estimate of drug-likeness (QED) is 0.570. The number of hydrogen-bond acceptors (Lipinski definition) is 8. The molecule has 4 N–H and O–H groups in total. The molecule has 9 heteroatoms. The Hall–Kier alpha value is -3.64. The van der Waals surface area contributed by atoms with Crippen molar-refractivity contribution in [1.29, 1.82) is 5.26 Å². The van der Waals surface area contributed by atoms with E-state index in [9.17, 15) is 0 Å². The molecule has 0 bridgehead atoms. The van der Waals surface area contributed by atoms with Gasteiger partial charge in [-0.15, -0.1) is 0 Å². The number of hydrogen-bond donors (Lipinski definition) is 3. The van der Waals surface area contributed by atoms with Gasteiger partial charge >= 0.3 is 0 Å². The highest BCUT2D eigenvalue weighted by Gasteiger charge is 2.32. The number of methoxy groups -OCH3 is 1. The largest absolute Gasteiger partial charge is 0.496 e. The Labute approximate surface area is 174 Å². The van der Waals surface area contributed by atoms with E-state index in [1.165, 1.54) is 12.4 Å². The first-order valence-electron chi connectivity index (χ1n) is 9.73. The predicted octanol–water partition coefficient (Wildman–Crippen LogP) is 3.00. The van der Waals surface area contributed by atoms with Gasteiger partial charge in [-0.3, -0.25) is 5.10 Å². The Morgan fingerprint density at radius 1 is 1.20 bits per heavy atom. The summed E-state index contributed by atoms with van der Waals surface area (Å²) >= 11 is 0. The van der Waals surface area contributed by atoms with Gasteiger partial charge in [0.15, 0.2) is 11.5 Å². The van der Waals surface area contributed by atoms with Crippen LogP contribution in [-0.4, -0.2) is 39.4 Å². The number of aromatic nitrogens is 4. The third-order valence-corrected chi connectivity index (χ3v) is 5.40. The molecule has 1 saturated carbocycles. The smallest absolute Gasteiger partial charge is 0.158 e. The molecule has 4 rings (SSSR count). The van der Waals surface area contributed by atoms with E-state index < -0.39 is 0 Å². The average molecular weight is 405 g/mol. The zero-order chi connectivity index (χ0) is 21.1. The van der Waals surface area contributed by atoms with Crippen molar-refractivity contribution in [2.45, 2.75) is 31.9 Å². The number of anilines is 2. The summed E-state index contributed by atoms with van der Waals surface area (Å²) < 4.78 is 11.9. The summed E-state index contributed by atoms with van der Waals surface area (Å²) in [5, 5.41) is 19.2. The van der Waals surface area contributed by atoms with E-state index >= 15 is 0 Å². The highest BCUT2D eigenvalue weighted by molar-refractivity contribution is 5.76. The monoisotopic (exact) mass is 405 g/mol. The number of rotatable bonds is 6. The summed E-state index contributed by atoms with van der Waals surface area (Å²) in [6.07, 6.45) is 4.81. The Kier molecular flexibility index (Phi) is 5.50. The molecule has 0 aliphatic heterocycles.